The molecule has 11 heavy (non-hydrogen) atoms. The van der Waals surface area contributed by atoms with E-state index in [1.807, 2.05) is 0 Å². The van der Waals surface area contributed by atoms with Gasteiger partial charge in [-0.1, -0.05) is 34.1 Å². The highest BCUT2D eigenvalue weighted by atomic mass is 14.9. The van der Waals surface area contributed by atoms with Crippen LogP contribution in [-0.4, -0.2) is 12.6 Å². The average Bonchev–Trinajstić information content (AvgIpc) is 2.00. The van der Waals surface area contributed by atoms with Gasteiger partial charge in [0.05, 0.1) is 0 Å². The van der Waals surface area contributed by atoms with Gasteiger partial charge in [0.15, 0.2) is 0 Å². The van der Waals surface area contributed by atoms with Crippen molar-refractivity contribution in [2.75, 3.05) is 6.54 Å². The molecule has 0 fully saturated rings. The molecule has 2 atom stereocenters. The lowest BCUT2D eigenvalue weighted by atomic mass is 9.95. The summed E-state index contributed by atoms with van der Waals surface area (Å²) in [7, 11) is 0. The molecule has 0 rings (SSSR count). The van der Waals surface area contributed by atoms with Gasteiger partial charge < -0.3 is 5.32 Å². The molecule has 0 aromatic heterocycles. The first-order valence-corrected chi connectivity index (χ1v) is 4.99. The van der Waals surface area contributed by atoms with Gasteiger partial charge in [0.25, 0.3) is 0 Å². The molecule has 1 nitrogen and oxygen atoms in total. The Labute approximate surface area is 71.6 Å². The van der Waals surface area contributed by atoms with Gasteiger partial charge in [-0.25, -0.2) is 0 Å². The van der Waals surface area contributed by atoms with Crippen LogP contribution in [0, 0.1) is 5.92 Å². The first-order chi connectivity index (χ1) is 5.26. The standard InChI is InChI=1S/C10H23N/c1-5-8-9(4)10(6-2)11-7-3/h9-11H,5-8H2,1-4H3. The van der Waals surface area contributed by atoms with Crippen LogP contribution in [0.15, 0.2) is 0 Å². The van der Waals surface area contributed by atoms with Crippen LogP contribution in [0.3, 0.4) is 0 Å². The second-order valence-electron chi connectivity index (χ2n) is 3.34. The molecule has 0 aliphatic heterocycles. The molecule has 0 saturated carbocycles. The van der Waals surface area contributed by atoms with Gasteiger partial charge in [-0.05, 0) is 25.3 Å². The van der Waals surface area contributed by atoms with E-state index < -0.39 is 0 Å². The molecule has 0 bridgehead atoms. The minimum Gasteiger partial charge on any atom is -0.314 e. The van der Waals surface area contributed by atoms with Crippen molar-refractivity contribution in [3.8, 4) is 0 Å². The van der Waals surface area contributed by atoms with Crippen molar-refractivity contribution in [2.24, 2.45) is 5.92 Å². The molecule has 1 heteroatoms. The normalized spacial score (nSPS) is 16.4. The van der Waals surface area contributed by atoms with Crippen LogP contribution in [0.2, 0.25) is 0 Å². The van der Waals surface area contributed by atoms with E-state index in [2.05, 4.69) is 33.0 Å². The Morgan fingerprint density at radius 1 is 1.18 bits per heavy atom. The summed E-state index contributed by atoms with van der Waals surface area (Å²) in [5, 5.41) is 3.52. The van der Waals surface area contributed by atoms with Gasteiger partial charge in [0.1, 0.15) is 0 Å². The van der Waals surface area contributed by atoms with Crippen LogP contribution in [0.4, 0.5) is 0 Å². The largest absolute Gasteiger partial charge is 0.314 e. The molecule has 0 aromatic carbocycles. The first kappa shape index (κ1) is 11.0. The molecule has 0 aliphatic rings. The van der Waals surface area contributed by atoms with Crippen molar-refractivity contribution in [1.82, 2.24) is 5.32 Å². The Balaban J connectivity index is 3.61. The van der Waals surface area contributed by atoms with Crippen LogP contribution in [0.1, 0.15) is 47.0 Å². The van der Waals surface area contributed by atoms with Crippen molar-refractivity contribution < 1.29 is 0 Å². The van der Waals surface area contributed by atoms with Gasteiger partial charge in [0.2, 0.25) is 0 Å². The molecule has 0 amide bonds. The lowest BCUT2D eigenvalue weighted by molar-refractivity contribution is 0.351. The summed E-state index contributed by atoms with van der Waals surface area (Å²) >= 11 is 0. The molecule has 0 aromatic rings. The Morgan fingerprint density at radius 2 is 1.82 bits per heavy atom. The predicted octanol–water partition coefficient (Wildman–Crippen LogP) is 2.81. The second-order valence-corrected chi connectivity index (χ2v) is 3.34. The molecule has 0 aliphatic carbocycles. The molecule has 0 radical (unpaired) electrons. The molecule has 0 saturated heterocycles. The summed E-state index contributed by atoms with van der Waals surface area (Å²) < 4.78 is 0. The highest BCUT2D eigenvalue weighted by molar-refractivity contribution is 4.70. The SMILES string of the molecule is CCCC(C)C(CC)NCC. The first-order valence-electron chi connectivity index (χ1n) is 4.99. The average molecular weight is 157 g/mol. The fourth-order valence-corrected chi connectivity index (χ4v) is 1.67. The summed E-state index contributed by atoms with van der Waals surface area (Å²) in [4.78, 5) is 0. The zero-order valence-electron chi connectivity index (χ0n) is 8.48. The smallest absolute Gasteiger partial charge is 0.00899 e. The van der Waals surface area contributed by atoms with Crippen molar-refractivity contribution in [3.05, 3.63) is 0 Å². The van der Waals surface area contributed by atoms with Crippen molar-refractivity contribution >= 4 is 0 Å². The van der Waals surface area contributed by atoms with E-state index in [9.17, 15) is 0 Å². The van der Waals surface area contributed by atoms with Crippen LogP contribution in [0.5, 0.6) is 0 Å². The zero-order valence-corrected chi connectivity index (χ0v) is 8.48. The molecule has 68 valence electrons. The van der Waals surface area contributed by atoms with Gasteiger partial charge in [0, 0.05) is 6.04 Å². The zero-order chi connectivity index (χ0) is 8.69. The lowest BCUT2D eigenvalue weighted by Gasteiger charge is -2.22. The third-order valence-corrected chi connectivity index (χ3v) is 2.34. The monoisotopic (exact) mass is 157 g/mol. The van der Waals surface area contributed by atoms with Crippen molar-refractivity contribution in [3.63, 3.8) is 0 Å². The molecule has 0 heterocycles. The van der Waals surface area contributed by atoms with E-state index in [1.54, 1.807) is 0 Å². The fourth-order valence-electron chi connectivity index (χ4n) is 1.67. The topological polar surface area (TPSA) is 12.0 Å². The van der Waals surface area contributed by atoms with Gasteiger partial charge in [-0.2, -0.15) is 0 Å². The number of hydrogen-bond donors (Lipinski definition) is 1. The van der Waals surface area contributed by atoms with Crippen molar-refractivity contribution in [2.45, 2.75) is 53.0 Å². The Hall–Kier alpha value is -0.0400. The molecular weight excluding hydrogens is 134 g/mol. The summed E-state index contributed by atoms with van der Waals surface area (Å²) in [6.07, 6.45) is 3.92. The van der Waals surface area contributed by atoms with E-state index in [4.69, 9.17) is 0 Å². The lowest BCUT2D eigenvalue weighted by Crippen LogP contribution is -2.34. The Kier molecular flexibility index (Phi) is 6.63. The summed E-state index contributed by atoms with van der Waals surface area (Å²) in [6, 6.07) is 0.736. The molecule has 0 spiro atoms. The van der Waals surface area contributed by atoms with E-state index >= 15 is 0 Å². The van der Waals surface area contributed by atoms with E-state index in [0.29, 0.717) is 0 Å². The maximum absolute atomic E-state index is 3.52. The van der Waals surface area contributed by atoms with Crippen LogP contribution >= 0.6 is 0 Å². The minimum absolute atomic E-state index is 0.736. The summed E-state index contributed by atoms with van der Waals surface area (Å²) in [6.45, 7) is 10.2. The maximum Gasteiger partial charge on any atom is 0.00899 e. The van der Waals surface area contributed by atoms with Gasteiger partial charge in [-0.15, -0.1) is 0 Å². The highest BCUT2D eigenvalue weighted by Gasteiger charge is 2.12. The third kappa shape index (κ3) is 4.41. The summed E-state index contributed by atoms with van der Waals surface area (Å²) in [5.74, 6) is 0.838. The maximum atomic E-state index is 3.52. The Bertz CT molecular complexity index is 80.9. The van der Waals surface area contributed by atoms with Crippen LogP contribution in [0.25, 0.3) is 0 Å². The third-order valence-electron chi connectivity index (χ3n) is 2.34. The van der Waals surface area contributed by atoms with Crippen LogP contribution in [-0.2, 0) is 0 Å². The van der Waals surface area contributed by atoms with E-state index in [-0.39, 0.29) is 0 Å². The van der Waals surface area contributed by atoms with Crippen LogP contribution < -0.4 is 5.32 Å². The summed E-state index contributed by atoms with van der Waals surface area (Å²) in [5.41, 5.74) is 0. The van der Waals surface area contributed by atoms with Gasteiger partial charge in [-0.3, -0.25) is 0 Å². The van der Waals surface area contributed by atoms with Crippen molar-refractivity contribution in [1.29, 1.82) is 0 Å². The number of nitrogens with one attached hydrogen (secondary N) is 1. The minimum atomic E-state index is 0.736. The highest BCUT2D eigenvalue weighted by Crippen LogP contribution is 2.12. The second kappa shape index (κ2) is 6.66. The number of rotatable bonds is 6. The quantitative estimate of drug-likeness (QED) is 0.625. The molecular formula is C10H23N. The number of hydrogen-bond acceptors (Lipinski definition) is 1. The Morgan fingerprint density at radius 3 is 2.18 bits per heavy atom. The molecule has 2 unspecified atom stereocenters. The van der Waals surface area contributed by atoms with E-state index in [0.717, 1.165) is 18.5 Å². The predicted molar refractivity (Wildman–Crippen MR) is 51.8 cm³/mol. The van der Waals surface area contributed by atoms with Gasteiger partial charge >= 0.3 is 0 Å². The van der Waals surface area contributed by atoms with E-state index in [1.165, 1.54) is 19.3 Å². The molecule has 1 N–H and O–H groups in total. The fraction of sp³-hybridized carbons (Fsp3) is 1.00.